The largest absolute Gasteiger partial charge is 0.379 e. The zero-order chi connectivity index (χ0) is 13.2. The van der Waals surface area contributed by atoms with Gasteiger partial charge in [0.2, 0.25) is 0 Å². The van der Waals surface area contributed by atoms with Crippen LogP contribution in [0.2, 0.25) is 5.02 Å². The highest BCUT2D eigenvalue weighted by atomic mass is 79.9. The van der Waals surface area contributed by atoms with E-state index in [2.05, 4.69) is 31.4 Å². The number of hydrogen-bond donors (Lipinski definition) is 2. The quantitative estimate of drug-likeness (QED) is 0.734. The molecule has 1 heterocycles. The summed E-state index contributed by atoms with van der Waals surface area (Å²) < 4.78 is 0.911. The monoisotopic (exact) mass is 335 g/mol. The third-order valence-corrected chi connectivity index (χ3v) is 4.18. The van der Waals surface area contributed by atoms with Gasteiger partial charge < -0.3 is 5.32 Å². The first kappa shape index (κ1) is 12.5. The van der Waals surface area contributed by atoms with Gasteiger partial charge in [-0.25, -0.2) is 0 Å². The van der Waals surface area contributed by atoms with Gasteiger partial charge in [-0.1, -0.05) is 29.8 Å². The summed E-state index contributed by atoms with van der Waals surface area (Å²) in [4.78, 5) is 0. The lowest BCUT2D eigenvalue weighted by Gasteiger charge is -2.08. The van der Waals surface area contributed by atoms with Crippen molar-refractivity contribution in [3.8, 4) is 0 Å². The van der Waals surface area contributed by atoms with Crippen molar-refractivity contribution in [2.75, 3.05) is 5.32 Å². The second-order valence-corrected chi connectivity index (χ2v) is 5.50. The minimum Gasteiger partial charge on any atom is -0.379 e. The smallest absolute Gasteiger partial charge is 0.0881 e. The fraction of sp³-hybridized carbons (Fsp3) is 0.0714. The number of benzene rings is 2. The van der Waals surface area contributed by atoms with Crippen LogP contribution in [0.3, 0.4) is 0 Å². The van der Waals surface area contributed by atoms with Crippen LogP contribution in [0.5, 0.6) is 0 Å². The Kier molecular flexibility index (Phi) is 3.44. The number of anilines is 1. The van der Waals surface area contributed by atoms with Crippen LogP contribution in [-0.2, 0) is 6.54 Å². The predicted octanol–water partition coefficient (Wildman–Crippen LogP) is 4.59. The third-order valence-electron chi connectivity index (χ3n) is 2.94. The lowest BCUT2D eigenvalue weighted by atomic mass is 10.2. The number of nitrogens with zero attached hydrogens (tertiary/aromatic N) is 1. The zero-order valence-electron chi connectivity index (χ0n) is 9.95. The van der Waals surface area contributed by atoms with Crippen LogP contribution >= 0.6 is 27.5 Å². The molecule has 0 spiro atoms. The summed E-state index contributed by atoms with van der Waals surface area (Å²) in [6, 6.07) is 12.0. The van der Waals surface area contributed by atoms with E-state index >= 15 is 0 Å². The molecule has 0 amide bonds. The molecule has 0 saturated carbocycles. The molecular weight excluding hydrogens is 326 g/mol. The van der Waals surface area contributed by atoms with Crippen LogP contribution < -0.4 is 5.32 Å². The highest BCUT2D eigenvalue weighted by molar-refractivity contribution is 9.10. The topological polar surface area (TPSA) is 40.7 Å². The molecule has 2 N–H and O–H groups in total. The summed E-state index contributed by atoms with van der Waals surface area (Å²) in [5, 5.41) is 12.3. The maximum Gasteiger partial charge on any atom is 0.0881 e. The number of aromatic amines is 1. The molecule has 0 bridgehead atoms. The Hall–Kier alpha value is -1.52. The first-order chi connectivity index (χ1) is 9.24. The summed E-state index contributed by atoms with van der Waals surface area (Å²) in [5.41, 5.74) is 3.18. The SMILES string of the molecule is Clc1cc(CNc2cccc3cn[nH]c23)ccc1Br. The lowest BCUT2D eigenvalue weighted by molar-refractivity contribution is 1.11. The van der Waals surface area contributed by atoms with Gasteiger partial charge in [0.15, 0.2) is 0 Å². The van der Waals surface area contributed by atoms with E-state index in [9.17, 15) is 0 Å². The molecule has 2 aromatic carbocycles. The molecule has 0 aliphatic carbocycles. The van der Waals surface area contributed by atoms with Crippen LogP contribution in [0.15, 0.2) is 47.1 Å². The molecule has 0 unspecified atom stereocenters. The van der Waals surface area contributed by atoms with E-state index in [1.54, 1.807) is 0 Å². The second-order valence-electron chi connectivity index (χ2n) is 4.24. The van der Waals surface area contributed by atoms with Gasteiger partial charge in [-0.2, -0.15) is 5.10 Å². The minimum absolute atomic E-state index is 0.713. The Morgan fingerprint density at radius 1 is 1.26 bits per heavy atom. The van der Waals surface area contributed by atoms with Crippen LogP contribution in [0.25, 0.3) is 10.9 Å². The molecule has 1 aromatic heterocycles. The first-order valence-corrected chi connectivity index (χ1v) is 7.01. The summed E-state index contributed by atoms with van der Waals surface area (Å²) in [6.07, 6.45) is 1.82. The van der Waals surface area contributed by atoms with Crippen molar-refractivity contribution >= 4 is 44.1 Å². The van der Waals surface area contributed by atoms with Gasteiger partial charge >= 0.3 is 0 Å². The maximum atomic E-state index is 6.08. The fourth-order valence-electron chi connectivity index (χ4n) is 1.96. The van der Waals surface area contributed by atoms with E-state index < -0.39 is 0 Å². The van der Waals surface area contributed by atoms with Crippen molar-refractivity contribution in [3.63, 3.8) is 0 Å². The van der Waals surface area contributed by atoms with Crippen molar-refractivity contribution in [2.24, 2.45) is 0 Å². The summed E-state index contributed by atoms with van der Waals surface area (Å²) >= 11 is 9.47. The Morgan fingerprint density at radius 2 is 2.16 bits per heavy atom. The van der Waals surface area contributed by atoms with E-state index in [4.69, 9.17) is 11.6 Å². The van der Waals surface area contributed by atoms with Gasteiger partial charge in [0.05, 0.1) is 22.4 Å². The summed E-state index contributed by atoms with van der Waals surface area (Å²) in [7, 11) is 0. The molecule has 0 aliphatic heterocycles. The fourth-order valence-corrected chi connectivity index (χ4v) is 2.41. The first-order valence-electron chi connectivity index (χ1n) is 5.84. The summed E-state index contributed by atoms with van der Waals surface area (Å²) in [6.45, 7) is 0.713. The predicted molar refractivity (Wildman–Crippen MR) is 82.6 cm³/mol. The second kappa shape index (κ2) is 5.23. The molecule has 19 heavy (non-hydrogen) atoms. The van der Waals surface area contributed by atoms with Crippen molar-refractivity contribution in [2.45, 2.75) is 6.54 Å². The zero-order valence-corrected chi connectivity index (χ0v) is 12.3. The van der Waals surface area contributed by atoms with Gasteiger partial charge in [0.1, 0.15) is 0 Å². The van der Waals surface area contributed by atoms with Crippen LogP contribution in [-0.4, -0.2) is 10.2 Å². The van der Waals surface area contributed by atoms with Gasteiger partial charge in [-0.05, 0) is 39.7 Å². The van der Waals surface area contributed by atoms with Crippen LogP contribution in [0.4, 0.5) is 5.69 Å². The maximum absolute atomic E-state index is 6.08. The van der Waals surface area contributed by atoms with E-state index in [-0.39, 0.29) is 0 Å². The van der Waals surface area contributed by atoms with Gasteiger partial charge in [-0.3, -0.25) is 5.10 Å². The van der Waals surface area contributed by atoms with Crippen molar-refractivity contribution in [1.29, 1.82) is 0 Å². The number of nitrogens with one attached hydrogen (secondary N) is 2. The Morgan fingerprint density at radius 3 is 3.00 bits per heavy atom. The van der Waals surface area contributed by atoms with E-state index in [0.29, 0.717) is 6.54 Å². The number of para-hydroxylation sites is 1. The Balaban J connectivity index is 1.82. The molecule has 3 rings (SSSR count). The number of rotatable bonds is 3. The lowest BCUT2D eigenvalue weighted by Crippen LogP contribution is -2.00. The number of aromatic nitrogens is 2. The number of halogens is 2. The van der Waals surface area contributed by atoms with Crippen molar-refractivity contribution in [1.82, 2.24) is 10.2 Å². The average molecular weight is 337 g/mol. The Bertz CT molecular complexity index is 724. The highest BCUT2D eigenvalue weighted by Gasteiger charge is 2.03. The van der Waals surface area contributed by atoms with Gasteiger partial charge in [-0.15, -0.1) is 0 Å². The van der Waals surface area contributed by atoms with Crippen molar-refractivity contribution in [3.05, 3.63) is 57.7 Å². The number of hydrogen-bond acceptors (Lipinski definition) is 2. The molecular formula is C14H11BrClN3. The van der Waals surface area contributed by atoms with E-state index in [1.807, 2.05) is 42.6 Å². The van der Waals surface area contributed by atoms with Crippen LogP contribution in [0, 0.1) is 0 Å². The average Bonchev–Trinajstić information content (AvgIpc) is 2.89. The van der Waals surface area contributed by atoms with Gasteiger partial charge in [0.25, 0.3) is 0 Å². The molecule has 0 atom stereocenters. The van der Waals surface area contributed by atoms with Crippen molar-refractivity contribution < 1.29 is 0 Å². The minimum atomic E-state index is 0.713. The molecule has 0 fully saturated rings. The molecule has 5 heteroatoms. The third kappa shape index (κ3) is 2.60. The number of fused-ring (bicyclic) bond motifs is 1. The van der Waals surface area contributed by atoms with Crippen LogP contribution in [0.1, 0.15) is 5.56 Å². The van der Waals surface area contributed by atoms with E-state index in [1.165, 1.54) is 0 Å². The van der Waals surface area contributed by atoms with E-state index in [0.717, 1.165) is 31.6 Å². The molecule has 0 saturated heterocycles. The summed E-state index contributed by atoms with van der Waals surface area (Å²) in [5.74, 6) is 0. The van der Waals surface area contributed by atoms with Gasteiger partial charge in [0, 0.05) is 16.4 Å². The Labute approximate surface area is 124 Å². The molecule has 3 aromatic rings. The molecule has 96 valence electrons. The molecule has 0 aliphatic rings. The highest BCUT2D eigenvalue weighted by Crippen LogP contribution is 2.25. The molecule has 3 nitrogen and oxygen atoms in total. The standard InChI is InChI=1S/C14H11BrClN3/c15-11-5-4-9(6-12(11)16)7-17-13-3-1-2-10-8-18-19-14(10)13/h1-6,8,17H,7H2,(H,18,19). The molecule has 0 radical (unpaired) electrons. The normalized spacial score (nSPS) is 10.8. The number of H-pyrrole nitrogens is 1.